The van der Waals surface area contributed by atoms with Crippen molar-refractivity contribution in [1.29, 1.82) is 0 Å². The Balaban J connectivity index is 0.926. The van der Waals surface area contributed by atoms with Gasteiger partial charge in [-0.05, 0) is 130 Å². The molecule has 7 N–H and O–H groups in total. The minimum atomic E-state index is -1.31. The lowest BCUT2D eigenvalue weighted by molar-refractivity contribution is -0.146. The highest BCUT2D eigenvalue weighted by molar-refractivity contribution is 6.04. The van der Waals surface area contributed by atoms with E-state index < -0.39 is 70.9 Å². The van der Waals surface area contributed by atoms with Crippen LogP contribution in [0.25, 0.3) is 0 Å². The van der Waals surface area contributed by atoms with E-state index in [1.54, 1.807) is 49.2 Å². The molecule has 5 aliphatic rings. The Morgan fingerprint density at radius 1 is 0.885 bits per heavy atom. The van der Waals surface area contributed by atoms with E-state index in [1.165, 1.54) is 23.1 Å². The third-order valence-corrected chi connectivity index (χ3v) is 16.6. The molecule has 20 heteroatoms. The van der Waals surface area contributed by atoms with E-state index in [1.807, 2.05) is 25.1 Å². The van der Waals surface area contributed by atoms with Gasteiger partial charge in [0.1, 0.15) is 29.2 Å². The van der Waals surface area contributed by atoms with Crippen LogP contribution in [0.3, 0.4) is 0 Å². The fourth-order valence-corrected chi connectivity index (χ4v) is 11.9. The SMILES string of the molecule is CN[C@@H](C)C(N)[C@@H](C(=O)N1Cc2cc(NC(=O)CNC(=O)[C@]3(C)CN(C(=O)CN4C[C@@H](C)NC[C@@H]4CN4CCOC[C@H]4C)c4cc(Cc5ccc(F)cc5)ccc43)ccc2[C@H]1C(=O)Nc1c(F)cccc1F)C1CCOCC1. The Labute approximate surface area is 454 Å². The van der Waals surface area contributed by atoms with Crippen LogP contribution < -0.4 is 37.2 Å². The van der Waals surface area contributed by atoms with Gasteiger partial charge in [-0.15, -0.1) is 0 Å². The Bertz CT molecular complexity index is 2830. The van der Waals surface area contributed by atoms with E-state index in [0.717, 1.165) is 36.3 Å². The van der Waals surface area contributed by atoms with E-state index in [-0.39, 0.29) is 61.4 Å². The minimum absolute atomic E-state index is 0.0217. The topological polar surface area (TPSA) is 203 Å². The summed E-state index contributed by atoms with van der Waals surface area (Å²) in [5.41, 5.74) is 9.10. The first-order valence-electron chi connectivity index (χ1n) is 27.2. The number of ether oxygens (including phenoxy) is 2. The van der Waals surface area contributed by atoms with Gasteiger partial charge in [-0.1, -0.05) is 36.4 Å². The summed E-state index contributed by atoms with van der Waals surface area (Å²) in [7, 11) is 1.75. The summed E-state index contributed by atoms with van der Waals surface area (Å²) < 4.78 is 55.1. The van der Waals surface area contributed by atoms with Crippen LogP contribution in [0.4, 0.5) is 30.2 Å². The number of halogens is 3. The number of rotatable bonds is 17. The number of hydrogen-bond donors (Lipinski definition) is 6. The molecule has 0 radical (unpaired) electrons. The fraction of sp³-hybridized carbons (Fsp3) is 0.500. The van der Waals surface area contributed by atoms with Gasteiger partial charge in [0.05, 0.1) is 37.6 Å². The average Bonchev–Trinajstić information content (AvgIpc) is 3.97. The first kappa shape index (κ1) is 56.5. The maximum absolute atomic E-state index is 15.0. The van der Waals surface area contributed by atoms with Gasteiger partial charge in [-0.2, -0.15) is 0 Å². The molecule has 8 atom stereocenters. The van der Waals surface area contributed by atoms with Crippen LogP contribution >= 0.6 is 0 Å². The average molecular weight is 1080 g/mol. The van der Waals surface area contributed by atoms with Gasteiger partial charge in [0.25, 0.3) is 5.91 Å². The number of nitrogens with zero attached hydrogens (tertiary/aromatic N) is 4. The second-order valence-corrected chi connectivity index (χ2v) is 22.0. The summed E-state index contributed by atoms with van der Waals surface area (Å²) >= 11 is 0. The highest BCUT2D eigenvalue weighted by Crippen LogP contribution is 2.43. The summed E-state index contributed by atoms with van der Waals surface area (Å²) in [4.78, 5) is 80.1. The highest BCUT2D eigenvalue weighted by Gasteiger charge is 2.49. The third kappa shape index (κ3) is 12.3. The van der Waals surface area contributed by atoms with Gasteiger partial charge in [0.2, 0.25) is 23.6 Å². The zero-order valence-corrected chi connectivity index (χ0v) is 45.1. The smallest absolute Gasteiger partial charge is 0.252 e. The second kappa shape index (κ2) is 24.4. The Hall–Kier alpha value is -6.26. The van der Waals surface area contributed by atoms with Crippen LogP contribution in [-0.4, -0.2) is 154 Å². The molecule has 1 unspecified atom stereocenters. The van der Waals surface area contributed by atoms with Crippen molar-refractivity contribution in [2.75, 3.05) is 94.8 Å². The molecule has 3 fully saturated rings. The number of hydrogen-bond acceptors (Lipinski definition) is 12. The number of amides is 5. The molecule has 17 nitrogen and oxygen atoms in total. The number of para-hydroxylation sites is 1. The standard InChI is InChI=1S/C58H73F3N10O7/c1-34-28-69(43(26-64-34)30-68-19-22-78-32-35(68)2)31-50(73)71-33-58(4,45-16-11-38(24-48(45)71)23-37-9-12-41(59)13-10-37)57(76)65-27-49(72)66-42-14-15-44-40(25-42)29-70(54(44)55(74)67-53-46(60)7-6-8-47(53)61)56(75)51(52(62)36(3)63-5)39-17-20-77-21-18-39/h6-16,24-25,34-36,39,43,51-52,54,63-64H,17-23,26-33,62H2,1-5H3,(H,65,76)(H,66,72)(H,67,74)/t34-,35-,36+,43-,51+,52?,54+,58-/m1/s1. The number of nitrogens with one attached hydrogen (secondary N) is 5. The first-order chi connectivity index (χ1) is 37.4. The highest BCUT2D eigenvalue weighted by atomic mass is 19.1. The molecular formula is C58H73F3N10O7. The number of morpholine rings is 1. The van der Waals surface area contributed by atoms with Crippen molar-refractivity contribution in [1.82, 2.24) is 30.7 Å². The molecule has 0 aromatic heterocycles. The van der Waals surface area contributed by atoms with Crippen molar-refractivity contribution in [3.63, 3.8) is 0 Å². The molecule has 5 amide bonds. The van der Waals surface area contributed by atoms with Gasteiger partial charge >= 0.3 is 0 Å². The molecule has 3 saturated heterocycles. The molecule has 0 spiro atoms. The predicted molar refractivity (Wildman–Crippen MR) is 290 cm³/mol. The van der Waals surface area contributed by atoms with Crippen molar-refractivity contribution in [3.05, 3.63) is 124 Å². The molecule has 4 aromatic carbocycles. The lowest BCUT2D eigenvalue weighted by atomic mass is 9.78. The van der Waals surface area contributed by atoms with E-state index in [9.17, 15) is 37.1 Å². The summed E-state index contributed by atoms with van der Waals surface area (Å²) in [6.45, 7) is 12.6. The number of likely N-dealkylation sites (N-methyl/N-ethyl adjacent to an activating group) is 1. The Morgan fingerprint density at radius 3 is 2.33 bits per heavy atom. The monoisotopic (exact) mass is 1080 g/mol. The lowest BCUT2D eigenvalue weighted by Gasteiger charge is -2.43. The first-order valence-corrected chi connectivity index (χ1v) is 27.2. The second-order valence-electron chi connectivity index (χ2n) is 22.0. The number of anilines is 3. The summed E-state index contributed by atoms with van der Waals surface area (Å²) in [5.74, 6) is -5.65. The molecule has 4 aromatic rings. The summed E-state index contributed by atoms with van der Waals surface area (Å²) in [6.07, 6.45) is 1.60. The molecular weight excluding hydrogens is 1010 g/mol. The number of benzene rings is 4. The van der Waals surface area contributed by atoms with Crippen molar-refractivity contribution in [2.45, 2.75) is 95.2 Å². The van der Waals surface area contributed by atoms with Crippen LogP contribution in [0, 0.1) is 29.3 Å². The van der Waals surface area contributed by atoms with Crippen molar-refractivity contribution in [2.24, 2.45) is 17.6 Å². The van der Waals surface area contributed by atoms with Crippen LogP contribution in [0.2, 0.25) is 0 Å². The summed E-state index contributed by atoms with van der Waals surface area (Å²) in [5, 5.41) is 14.8. The normalized spacial score (nSPS) is 24.0. The molecule has 0 saturated carbocycles. The Kier molecular flexibility index (Phi) is 17.7. The van der Waals surface area contributed by atoms with E-state index in [2.05, 4.69) is 50.2 Å². The molecule has 418 valence electrons. The van der Waals surface area contributed by atoms with Crippen molar-refractivity contribution < 1.29 is 46.6 Å². The number of nitrogens with two attached hydrogens (primary N) is 1. The Morgan fingerprint density at radius 2 is 1.62 bits per heavy atom. The molecule has 5 heterocycles. The van der Waals surface area contributed by atoms with Gasteiger partial charge in [0, 0.05) is 94.1 Å². The number of carbonyl (C=O) groups excluding carboxylic acids is 5. The zero-order chi connectivity index (χ0) is 55.4. The van der Waals surface area contributed by atoms with Crippen molar-refractivity contribution >= 4 is 46.6 Å². The third-order valence-electron chi connectivity index (χ3n) is 16.6. The van der Waals surface area contributed by atoms with Crippen molar-refractivity contribution in [3.8, 4) is 0 Å². The molecule has 0 bridgehead atoms. The molecule has 0 aliphatic carbocycles. The maximum Gasteiger partial charge on any atom is 0.252 e. The number of fused-ring (bicyclic) bond motifs is 2. The zero-order valence-electron chi connectivity index (χ0n) is 45.1. The van der Waals surface area contributed by atoms with Crippen LogP contribution in [0.15, 0.2) is 78.9 Å². The maximum atomic E-state index is 15.0. The minimum Gasteiger partial charge on any atom is -0.381 e. The van der Waals surface area contributed by atoms with Gasteiger partial charge in [-0.25, -0.2) is 13.2 Å². The number of piperazine rings is 1. The van der Waals surface area contributed by atoms with Crippen LogP contribution in [0.1, 0.15) is 74.4 Å². The number of carbonyl (C=O) groups is 5. The van der Waals surface area contributed by atoms with Gasteiger partial charge in [0.15, 0.2) is 0 Å². The summed E-state index contributed by atoms with van der Waals surface area (Å²) in [6, 6.07) is 18.2. The molecule has 9 rings (SSSR count). The van der Waals surface area contributed by atoms with Crippen LogP contribution in [-0.2, 0) is 51.8 Å². The molecule has 78 heavy (non-hydrogen) atoms. The molecule has 5 aliphatic heterocycles. The lowest BCUT2D eigenvalue weighted by Crippen LogP contribution is -2.62. The quantitative estimate of drug-likeness (QED) is 0.0870. The van der Waals surface area contributed by atoms with E-state index in [0.29, 0.717) is 86.8 Å². The van der Waals surface area contributed by atoms with Crippen LogP contribution in [0.5, 0.6) is 0 Å². The van der Waals surface area contributed by atoms with E-state index in [4.69, 9.17) is 15.2 Å². The van der Waals surface area contributed by atoms with E-state index >= 15 is 0 Å². The largest absolute Gasteiger partial charge is 0.381 e. The van der Waals surface area contributed by atoms with Gasteiger partial charge in [-0.3, -0.25) is 33.8 Å². The van der Waals surface area contributed by atoms with Gasteiger partial charge < -0.3 is 51.6 Å². The fourth-order valence-electron chi connectivity index (χ4n) is 11.9. The predicted octanol–water partition coefficient (Wildman–Crippen LogP) is 4.44.